The number of methoxy groups -OCH3 is 1. The lowest BCUT2D eigenvalue weighted by molar-refractivity contribution is -0.142. The second-order valence-corrected chi connectivity index (χ2v) is 5.21. The van der Waals surface area contributed by atoms with Gasteiger partial charge in [-0.25, -0.2) is 4.79 Å². The Bertz CT molecular complexity index is 724. The number of esters is 1. The van der Waals surface area contributed by atoms with Crippen molar-refractivity contribution in [3.8, 4) is 5.75 Å². The van der Waals surface area contributed by atoms with Crippen molar-refractivity contribution >= 4 is 35.2 Å². The molecule has 6 heteroatoms. The van der Waals surface area contributed by atoms with E-state index in [-0.39, 0.29) is 6.61 Å². The van der Waals surface area contributed by atoms with Gasteiger partial charge in [0.15, 0.2) is 6.61 Å². The zero-order valence-corrected chi connectivity index (χ0v) is 13.7. The van der Waals surface area contributed by atoms with E-state index >= 15 is 0 Å². The van der Waals surface area contributed by atoms with Crippen LogP contribution in [0.4, 0.5) is 5.69 Å². The Balaban J connectivity index is 1.78. The zero-order chi connectivity index (χ0) is 17.4. The highest BCUT2D eigenvalue weighted by atomic mass is 35.5. The Labute approximate surface area is 144 Å². The molecule has 0 heterocycles. The standard InChI is InChI=1S/C18H16ClNO4/c1-23-16-9-7-15(8-10-16)20-17(21)12-24-18(22)11-4-13-2-5-14(19)6-3-13/h2-11H,12H2,1H3,(H,20,21)/b11-4+. The van der Waals surface area contributed by atoms with Crippen molar-refractivity contribution in [2.24, 2.45) is 0 Å². The summed E-state index contributed by atoms with van der Waals surface area (Å²) in [4.78, 5) is 23.3. The lowest BCUT2D eigenvalue weighted by atomic mass is 10.2. The van der Waals surface area contributed by atoms with Crippen LogP contribution in [0.3, 0.4) is 0 Å². The van der Waals surface area contributed by atoms with Gasteiger partial charge in [-0.05, 0) is 48.0 Å². The van der Waals surface area contributed by atoms with Gasteiger partial charge in [0.05, 0.1) is 7.11 Å². The molecular weight excluding hydrogens is 330 g/mol. The van der Waals surface area contributed by atoms with Gasteiger partial charge in [0.2, 0.25) is 0 Å². The van der Waals surface area contributed by atoms with E-state index in [2.05, 4.69) is 5.32 Å². The molecule has 0 saturated carbocycles. The molecule has 5 nitrogen and oxygen atoms in total. The van der Waals surface area contributed by atoms with Crippen molar-refractivity contribution in [2.45, 2.75) is 0 Å². The summed E-state index contributed by atoms with van der Waals surface area (Å²) in [5.74, 6) is -0.338. The Morgan fingerprint density at radius 1 is 1.08 bits per heavy atom. The molecule has 1 amide bonds. The maximum atomic E-state index is 11.7. The summed E-state index contributed by atoms with van der Waals surface area (Å²) in [6, 6.07) is 13.8. The highest BCUT2D eigenvalue weighted by Crippen LogP contribution is 2.14. The molecule has 0 aliphatic rings. The fourth-order valence-electron chi connectivity index (χ4n) is 1.79. The molecule has 1 N–H and O–H groups in total. The number of carbonyl (C=O) groups is 2. The van der Waals surface area contributed by atoms with Crippen LogP contribution < -0.4 is 10.1 Å². The van der Waals surface area contributed by atoms with Crippen LogP contribution in [0.15, 0.2) is 54.6 Å². The van der Waals surface area contributed by atoms with Crippen LogP contribution in [0.2, 0.25) is 5.02 Å². The number of hydrogen-bond acceptors (Lipinski definition) is 4. The van der Waals surface area contributed by atoms with Crippen LogP contribution in [0.25, 0.3) is 6.08 Å². The summed E-state index contributed by atoms with van der Waals surface area (Å²) in [7, 11) is 1.56. The predicted octanol–water partition coefficient (Wildman–Crippen LogP) is 3.54. The zero-order valence-electron chi connectivity index (χ0n) is 13.0. The number of rotatable bonds is 6. The molecule has 0 unspecified atom stereocenters. The second kappa shape index (κ2) is 8.74. The first kappa shape index (κ1) is 17.6. The van der Waals surface area contributed by atoms with Crippen molar-refractivity contribution in [1.82, 2.24) is 0 Å². The molecule has 0 saturated heterocycles. The van der Waals surface area contributed by atoms with Gasteiger partial charge >= 0.3 is 5.97 Å². The molecule has 0 bridgehead atoms. The first-order valence-corrected chi connectivity index (χ1v) is 7.49. The lowest BCUT2D eigenvalue weighted by Gasteiger charge is -2.06. The van der Waals surface area contributed by atoms with Gasteiger partial charge in [0.1, 0.15) is 5.75 Å². The number of hydrogen-bond donors (Lipinski definition) is 1. The summed E-state index contributed by atoms with van der Waals surface area (Å²) in [5, 5.41) is 3.23. The van der Waals surface area contributed by atoms with Gasteiger partial charge < -0.3 is 14.8 Å². The van der Waals surface area contributed by atoms with E-state index < -0.39 is 11.9 Å². The molecule has 2 rings (SSSR count). The Morgan fingerprint density at radius 3 is 2.38 bits per heavy atom. The smallest absolute Gasteiger partial charge is 0.331 e. The number of anilines is 1. The molecule has 0 fully saturated rings. The van der Waals surface area contributed by atoms with Gasteiger partial charge in [0, 0.05) is 16.8 Å². The van der Waals surface area contributed by atoms with Gasteiger partial charge in [-0.3, -0.25) is 4.79 Å². The largest absolute Gasteiger partial charge is 0.497 e. The molecule has 24 heavy (non-hydrogen) atoms. The summed E-state index contributed by atoms with van der Waals surface area (Å²) in [6.07, 6.45) is 2.84. The minimum atomic E-state index is -0.602. The Morgan fingerprint density at radius 2 is 1.75 bits per heavy atom. The van der Waals surface area contributed by atoms with Crippen LogP contribution in [0.1, 0.15) is 5.56 Å². The van der Waals surface area contributed by atoms with Crippen molar-refractivity contribution in [3.63, 3.8) is 0 Å². The molecule has 0 radical (unpaired) electrons. The highest BCUT2D eigenvalue weighted by Gasteiger charge is 2.05. The van der Waals surface area contributed by atoms with E-state index in [0.717, 1.165) is 5.56 Å². The lowest BCUT2D eigenvalue weighted by Crippen LogP contribution is -2.20. The average Bonchev–Trinajstić information content (AvgIpc) is 2.60. The van der Waals surface area contributed by atoms with Crippen molar-refractivity contribution in [2.75, 3.05) is 19.0 Å². The Kier molecular flexibility index (Phi) is 6.40. The third-order valence-corrected chi connectivity index (χ3v) is 3.25. The van der Waals surface area contributed by atoms with Crippen molar-refractivity contribution in [1.29, 1.82) is 0 Å². The van der Waals surface area contributed by atoms with E-state index in [1.165, 1.54) is 6.08 Å². The Hall–Kier alpha value is -2.79. The van der Waals surface area contributed by atoms with E-state index in [1.54, 1.807) is 61.7 Å². The van der Waals surface area contributed by atoms with Crippen LogP contribution in [-0.4, -0.2) is 25.6 Å². The SMILES string of the molecule is COc1ccc(NC(=O)COC(=O)/C=C/c2ccc(Cl)cc2)cc1. The monoisotopic (exact) mass is 345 g/mol. The first-order chi connectivity index (χ1) is 11.6. The summed E-state index contributed by atoms with van der Waals surface area (Å²) < 4.78 is 9.90. The molecule has 2 aromatic carbocycles. The van der Waals surface area contributed by atoms with E-state index in [1.807, 2.05) is 0 Å². The molecule has 2 aromatic rings. The number of ether oxygens (including phenoxy) is 2. The topological polar surface area (TPSA) is 64.6 Å². The maximum Gasteiger partial charge on any atom is 0.331 e. The number of carbonyl (C=O) groups excluding carboxylic acids is 2. The quantitative estimate of drug-likeness (QED) is 0.642. The van der Waals surface area contributed by atoms with Crippen LogP contribution in [0, 0.1) is 0 Å². The molecule has 124 valence electrons. The minimum Gasteiger partial charge on any atom is -0.497 e. The molecule has 0 aromatic heterocycles. The predicted molar refractivity (Wildman–Crippen MR) is 93.1 cm³/mol. The molecule has 0 aliphatic carbocycles. The van der Waals surface area contributed by atoms with Gasteiger partial charge in [-0.15, -0.1) is 0 Å². The second-order valence-electron chi connectivity index (χ2n) is 4.77. The normalized spacial score (nSPS) is 10.4. The number of nitrogens with one attached hydrogen (secondary N) is 1. The summed E-state index contributed by atoms with van der Waals surface area (Å²) in [6.45, 7) is -0.365. The molecule has 0 spiro atoms. The van der Waals surface area contributed by atoms with Crippen molar-refractivity contribution in [3.05, 3.63) is 65.2 Å². The minimum absolute atomic E-state index is 0.365. The average molecular weight is 346 g/mol. The van der Waals surface area contributed by atoms with Gasteiger partial charge in [0.25, 0.3) is 5.91 Å². The molecule has 0 atom stereocenters. The van der Waals surface area contributed by atoms with Crippen LogP contribution in [0.5, 0.6) is 5.75 Å². The fourth-order valence-corrected chi connectivity index (χ4v) is 1.92. The molecule has 0 aliphatic heterocycles. The number of amides is 1. The fraction of sp³-hybridized carbons (Fsp3) is 0.111. The highest BCUT2D eigenvalue weighted by molar-refractivity contribution is 6.30. The van der Waals surface area contributed by atoms with Crippen LogP contribution >= 0.6 is 11.6 Å². The van der Waals surface area contributed by atoms with Gasteiger partial charge in [-0.2, -0.15) is 0 Å². The number of halogens is 1. The van der Waals surface area contributed by atoms with Gasteiger partial charge in [-0.1, -0.05) is 23.7 Å². The molecular formula is C18H16ClNO4. The number of benzene rings is 2. The van der Waals surface area contributed by atoms with E-state index in [4.69, 9.17) is 21.1 Å². The summed E-state index contributed by atoms with van der Waals surface area (Å²) >= 11 is 5.78. The van der Waals surface area contributed by atoms with E-state index in [0.29, 0.717) is 16.5 Å². The summed E-state index contributed by atoms with van der Waals surface area (Å²) in [5.41, 5.74) is 1.40. The van der Waals surface area contributed by atoms with E-state index in [9.17, 15) is 9.59 Å². The third-order valence-electron chi connectivity index (χ3n) is 3.00. The van der Waals surface area contributed by atoms with Crippen molar-refractivity contribution < 1.29 is 19.1 Å². The third kappa shape index (κ3) is 5.78. The first-order valence-electron chi connectivity index (χ1n) is 7.11. The maximum absolute atomic E-state index is 11.7. The van der Waals surface area contributed by atoms with Crippen LogP contribution in [-0.2, 0) is 14.3 Å².